The third-order valence-corrected chi connectivity index (χ3v) is 4.83. The summed E-state index contributed by atoms with van der Waals surface area (Å²) < 4.78 is 4.10. The van der Waals surface area contributed by atoms with Gasteiger partial charge in [-0.25, -0.2) is 0 Å². The highest BCUT2D eigenvalue weighted by Gasteiger charge is 2.22. The van der Waals surface area contributed by atoms with Crippen molar-refractivity contribution in [2.24, 2.45) is 7.05 Å². The summed E-state index contributed by atoms with van der Waals surface area (Å²) in [5, 5.41) is 13.0. The van der Waals surface area contributed by atoms with Crippen LogP contribution in [0.1, 0.15) is 44.0 Å². The van der Waals surface area contributed by atoms with Crippen LogP contribution in [0.5, 0.6) is 0 Å². The normalized spacial score (nSPS) is 15.8. The first-order chi connectivity index (χ1) is 11.7. The maximum Gasteiger partial charge on any atom is 0.182 e. The molecule has 6 heteroatoms. The highest BCUT2D eigenvalue weighted by atomic mass is 15.3. The Morgan fingerprint density at radius 1 is 1.08 bits per heavy atom. The fourth-order valence-electron chi connectivity index (χ4n) is 3.62. The summed E-state index contributed by atoms with van der Waals surface area (Å²) in [5.74, 6) is 1.86. The van der Waals surface area contributed by atoms with Crippen molar-refractivity contribution in [1.29, 1.82) is 0 Å². The average Bonchev–Trinajstić information content (AvgIpc) is 3.22. The molecule has 1 saturated carbocycles. The molecular formula is C18H22N6. The fourth-order valence-corrected chi connectivity index (χ4v) is 3.62. The average molecular weight is 322 g/mol. The Kier molecular flexibility index (Phi) is 3.88. The van der Waals surface area contributed by atoms with Gasteiger partial charge in [-0.3, -0.25) is 9.67 Å². The fraction of sp³-hybridized carbons (Fsp3) is 0.444. The maximum absolute atomic E-state index is 4.56. The largest absolute Gasteiger partial charge is 0.307 e. The highest BCUT2D eigenvalue weighted by Crippen LogP contribution is 2.33. The van der Waals surface area contributed by atoms with Crippen LogP contribution in [0.15, 0.2) is 30.7 Å². The second-order valence-corrected chi connectivity index (χ2v) is 6.57. The number of pyridine rings is 1. The Balaban J connectivity index is 1.74. The van der Waals surface area contributed by atoms with Gasteiger partial charge < -0.3 is 4.57 Å². The summed E-state index contributed by atoms with van der Waals surface area (Å²) >= 11 is 0. The lowest BCUT2D eigenvalue weighted by molar-refractivity contribution is 0.350. The molecule has 1 aliphatic carbocycles. The lowest BCUT2D eigenvalue weighted by Crippen LogP contribution is -2.15. The smallest absolute Gasteiger partial charge is 0.182 e. The molecule has 24 heavy (non-hydrogen) atoms. The van der Waals surface area contributed by atoms with Gasteiger partial charge in [0, 0.05) is 31.0 Å². The van der Waals surface area contributed by atoms with Gasteiger partial charge >= 0.3 is 0 Å². The summed E-state index contributed by atoms with van der Waals surface area (Å²) in [6.07, 6.45) is 12.0. The molecule has 3 heterocycles. The van der Waals surface area contributed by atoms with Gasteiger partial charge in [-0.2, -0.15) is 5.10 Å². The van der Waals surface area contributed by atoms with E-state index in [1.807, 2.05) is 43.3 Å². The molecule has 0 aromatic carbocycles. The summed E-state index contributed by atoms with van der Waals surface area (Å²) in [6, 6.07) is 4.58. The molecule has 0 radical (unpaired) electrons. The van der Waals surface area contributed by atoms with E-state index in [-0.39, 0.29) is 0 Å². The van der Waals surface area contributed by atoms with E-state index < -0.39 is 0 Å². The van der Waals surface area contributed by atoms with Crippen LogP contribution in [0.4, 0.5) is 0 Å². The van der Waals surface area contributed by atoms with Crippen molar-refractivity contribution >= 4 is 0 Å². The first-order valence-electron chi connectivity index (χ1n) is 8.59. The van der Waals surface area contributed by atoms with Crippen LogP contribution >= 0.6 is 0 Å². The van der Waals surface area contributed by atoms with Gasteiger partial charge in [0.1, 0.15) is 11.5 Å². The van der Waals surface area contributed by atoms with Gasteiger partial charge in [-0.05, 0) is 37.5 Å². The van der Waals surface area contributed by atoms with Crippen LogP contribution in [0.2, 0.25) is 0 Å². The Bertz CT molecular complexity index is 841. The van der Waals surface area contributed by atoms with Crippen molar-refractivity contribution in [2.75, 3.05) is 0 Å². The van der Waals surface area contributed by atoms with Crippen molar-refractivity contribution in [3.8, 4) is 22.6 Å². The second-order valence-electron chi connectivity index (χ2n) is 6.57. The zero-order valence-corrected chi connectivity index (χ0v) is 14.2. The minimum atomic E-state index is 0.493. The summed E-state index contributed by atoms with van der Waals surface area (Å²) in [5.41, 5.74) is 3.06. The van der Waals surface area contributed by atoms with Crippen molar-refractivity contribution in [1.82, 2.24) is 29.5 Å². The molecule has 0 amide bonds. The lowest BCUT2D eigenvalue weighted by atomic mass is 9.95. The topological polar surface area (TPSA) is 61.4 Å². The predicted molar refractivity (Wildman–Crippen MR) is 92.3 cm³/mol. The molecule has 1 fully saturated rings. The molecule has 124 valence electrons. The summed E-state index contributed by atoms with van der Waals surface area (Å²) in [7, 11) is 1.93. The number of hydrogen-bond acceptors (Lipinski definition) is 4. The zero-order chi connectivity index (χ0) is 16.5. The molecule has 3 aromatic rings. The highest BCUT2D eigenvalue weighted by molar-refractivity contribution is 5.66. The Morgan fingerprint density at radius 2 is 1.92 bits per heavy atom. The van der Waals surface area contributed by atoms with Gasteiger partial charge in [-0.1, -0.05) is 19.3 Å². The molecule has 0 unspecified atom stereocenters. The second kappa shape index (κ2) is 6.19. The van der Waals surface area contributed by atoms with Gasteiger partial charge in [0.05, 0.1) is 6.20 Å². The first-order valence-corrected chi connectivity index (χ1v) is 8.59. The van der Waals surface area contributed by atoms with E-state index in [4.69, 9.17) is 0 Å². The van der Waals surface area contributed by atoms with Crippen molar-refractivity contribution in [2.45, 2.75) is 45.1 Å². The standard InChI is InChI=1S/C18H22N6/c1-13-21-22-18(24(13)16-6-4-3-5-7-16)17-10-14(8-9-19-17)15-11-20-23(2)12-15/h8-12,16H,3-7H2,1-2H3. The van der Waals surface area contributed by atoms with Crippen LogP contribution in [0.3, 0.4) is 0 Å². The van der Waals surface area contributed by atoms with Gasteiger partial charge in [0.2, 0.25) is 0 Å². The van der Waals surface area contributed by atoms with E-state index in [0.29, 0.717) is 6.04 Å². The zero-order valence-electron chi connectivity index (χ0n) is 14.2. The van der Waals surface area contributed by atoms with Crippen LogP contribution in [0.25, 0.3) is 22.6 Å². The quantitative estimate of drug-likeness (QED) is 0.740. The van der Waals surface area contributed by atoms with Crippen molar-refractivity contribution in [3.05, 3.63) is 36.5 Å². The molecule has 1 aliphatic rings. The lowest BCUT2D eigenvalue weighted by Gasteiger charge is -2.25. The Morgan fingerprint density at radius 3 is 2.67 bits per heavy atom. The van der Waals surface area contributed by atoms with E-state index in [1.54, 1.807) is 0 Å². The molecule has 0 saturated heterocycles. The monoisotopic (exact) mass is 322 g/mol. The maximum atomic E-state index is 4.56. The van der Waals surface area contributed by atoms with Gasteiger partial charge in [-0.15, -0.1) is 10.2 Å². The van der Waals surface area contributed by atoms with Gasteiger partial charge in [0.25, 0.3) is 0 Å². The third-order valence-electron chi connectivity index (χ3n) is 4.83. The summed E-state index contributed by atoms with van der Waals surface area (Å²) in [6.45, 7) is 2.04. The number of aryl methyl sites for hydroxylation is 2. The van der Waals surface area contributed by atoms with Crippen LogP contribution in [-0.4, -0.2) is 29.5 Å². The molecule has 0 N–H and O–H groups in total. The molecule has 4 rings (SSSR count). The Labute approximate surface area is 141 Å². The van der Waals surface area contributed by atoms with Crippen LogP contribution in [-0.2, 0) is 7.05 Å². The van der Waals surface area contributed by atoms with Crippen molar-refractivity contribution < 1.29 is 0 Å². The van der Waals surface area contributed by atoms with Crippen LogP contribution < -0.4 is 0 Å². The van der Waals surface area contributed by atoms with E-state index in [2.05, 4.69) is 30.9 Å². The third kappa shape index (κ3) is 2.72. The number of rotatable bonds is 3. The van der Waals surface area contributed by atoms with E-state index in [1.165, 1.54) is 32.1 Å². The molecule has 6 nitrogen and oxygen atoms in total. The molecule has 0 atom stereocenters. The van der Waals surface area contributed by atoms with Crippen LogP contribution in [0, 0.1) is 6.92 Å². The molecule has 3 aromatic heterocycles. The van der Waals surface area contributed by atoms with E-state index in [0.717, 1.165) is 28.5 Å². The van der Waals surface area contributed by atoms with Gasteiger partial charge in [0.15, 0.2) is 5.82 Å². The number of hydrogen-bond donors (Lipinski definition) is 0. The molecule has 0 aliphatic heterocycles. The molecule has 0 bridgehead atoms. The molecular weight excluding hydrogens is 300 g/mol. The number of aromatic nitrogens is 6. The van der Waals surface area contributed by atoms with E-state index in [9.17, 15) is 0 Å². The van der Waals surface area contributed by atoms with Crippen molar-refractivity contribution in [3.63, 3.8) is 0 Å². The SMILES string of the molecule is Cc1nnc(-c2cc(-c3cnn(C)c3)ccn2)n1C1CCCCC1. The first kappa shape index (κ1) is 15.1. The van der Waals surface area contributed by atoms with E-state index >= 15 is 0 Å². The Hall–Kier alpha value is -2.50. The molecule has 0 spiro atoms. The minimum absolute atomic E-state index is 0.493. The number of nitrogens with zero attached hydrogens (tertiary/aromatic N) is 6. The predicted octanol–water partition coefficient (Wildman–Crippen LogP) is 3.55. The summed E-state index contributed by atoms with van der Waals surface area (Å²) in [4.78, 5) is 4.56. The minimum Gasteiger partial charge on any atom is -0.307 e.